The average Bonchev–Trinajstić information content (AvgIpc) is 2.45. The second-order valence-corrected chi connectivity index (χ2v) is 4.83. The molecule has 0 aromatic heterocycles. The highest BCUT2D eigenvalue weighted by molar-refractivity contribution is 5.95. The van der Waals surface area contributed by atoms with Gasteiger partial charge in [0.15, 0.2) is 0 Å². The molecule has 0 spiro atoms. The van der Waals surface area contributed by atoms with Gasteiger partial charge in [-0.05, 0) is 31.0 Å². The van der Waals surface area contributed by atoms with Gasteiger partial charge < -0.3 is 16.0 Å². The van der Waals surface area contributed by atoms with Crippen molar-refractivity contribution >= 4 is 29.9 Å². The lowest BCUT2D eigenvalue weighted by Crippen LogP contribution is -2.44. The third-order valence-corrected chi connectivity index (χ3v) is 3.46. The van der Waals surface area contributed by atoms with E-state index in [-0.39, 0.29) is 30.1 Å². The van der Waals surface area contributed by atoms with E-state index in [0.717, 1.165) is 12.8 Å². The Morgan fingerprint density at radius 3 is 2.80 bits per heavy atom. The number of carbonyl (C=O) groups excluding carboxylic acids is 2. The number of hydrogen-bond donors (Lipinski definition) is 2. The summed E-state index contributed by atoms with van der Waals surface area (Å²) in [6.07, 6.45) is 1.69. The second kappa shape index (κ2) is 7.14. The van der Waals surface area contributed by atoms with Crippen LogP contribution in [0.1, 0.15) is 23.2 Å². The molecule has 0 radical (unpaired) electrons. The van der Waals surface area contributed by atoms with Crippen molar-refractivity contribution in [2.45, 2.75) is 12.8 Å². The monoisotopic (exact) mass is 297 g/mol. The maximum atomic E-state index is 12.3. The van der Waals surface area contributed by atoms with Crippen molar-refractivity contribution in [3.8, 4) is 0 Å². The first kappa shape index (κ1) is 16.3. The van der Waals surface area contributed by atoms with Gasteiger partial charge in [-0.2, -0.15) is 0 Å². The van der Waals surface area contributed by atoms with Gasteiger partial charge in [0, 0.05) is 31.4 Å². The van der Waals surface area contributed by atoms with Crippen LogP contribution in [0.15, 0.2) is 24.3 Å². The van der Waals surface area contributed by atoms with Gasteiger partial charge >= 0.3 is 0 Å². The first-order chi connectivity index (χ1) is 9.11. The number of anilines is 1. The molecular formula is C14H20ClN3O2. The van der Waals surface area contributed by atoms with Crippen LogP contribution in [-0.4, -0.2) is 36.9 Å². The van der Waals surface area contributed by atoms with Gasteiger partial charge in [-0.3, -0.25) is 9.59 Å². The van der Waals surface area contributed by atoms with Crippen LogP contribution in [0.5, 0.6) is 0 Å². The number of carbonyl (C=O) groups is 2. The van der Waals surface area contributed by atoms with E-state index >= 15 is 0 Å². The Kier molecular flexibility index (Phi) is 5.82. The maximum absolute atomic E-state index is 12.3. The lowest BCUT2D eigenvalue weighted by molar-refractivity contribution is -0.125. The number of halogens is 1. The number of hydrogen-bond acceptors (Lipinski definition) is 3. The Morgan fingerprint density at radius 2 is 2.15 bits per heavy atom. The van der Waals surface area contributed by atoms with Gasteiger partial charge in [-0.25, -0.2) is 0 Å². The standard InChI is InChI=1S/C14H19N3O2.ClH/c1-16-13(18)11-5-3-7-17(9-11)14(19)10-4-2-6-12(15)8-10;/h2,4,6,8,11H,3,5,7,9,15H2,1H3,(H,16,18);1H. The summed E-state index contributed by atoms with van der Waals surface area (Å²) in [6, 6.07) is 6.94. The summed E-state index contributed by atoms with van der Waals surface area (Å²) in [5.74, 6) is -0.158. The minimum Gasteiger partial charge on any atom is -0.399 e. The Morgan fingerprint density at radius 1 is 1.40 bits per heavy atom. The Labute approximate surface area is 124 Å². The maximum Gasteiger partial charge on any atom is 0.253 e. The normalized spacial score (nSPS) is 18.1. The molecular weight excluding hydrogens is 278 g/mol. The molecule has 5 nitrogen and oxygen atoms in total. The predicted molar refractivity (Wildman–Crippen MR) is 80.8 cm³/mol. The molecule has 0 aliphatic carbocycles. The SMILES string of the molecule is CNC(=O)C1CCCN(C(=O)c2cccc(N)c2)C1.Cl. The highest BCUT2D eigenvalue weighted by Crippen LogP contribution is 2.19. The minimum atomic E-state index is -0.108. The molecule has 1 aromatic rings. The molecule has 1 fully saturated rings. The number of likely N-dealkylation sites (tertiary alicyclic amines) is 1. The molecule has 1 heterocycles. The smallest absolute Gasteiger partial charge is 0.253 e. The van der Waals surface area contributed by atoms with Gasteiger partial charge in [-0.15, -0.1) is 12.4 Å². The number of nitrogens with two attached hydrogens (primary N) is 1. The van der Waals surface area contributed by atoms with Gasteiger partial charge in [-0.1, -0.05) is 6.07 Å². The molecule has 0 bridgehead atoms. The molecule has 1 unspecified atom stereocenters. The first-order valence-electron chi connectivity index (χ1n) is 6.48. The highest BCUT2D eigenvalue weighted by atomic mass is 35.5. The van der Waals surface area contributed by atoms with E-state index in [1.54, 1.807) is 36.2 Å². The number of nitrogens with zero attached hydrogens (tertiary/aromatic N) is 1. The van der Waals surface area contributed by atoms with Crippen LogP contribution in [0.3, 0.4) is 0 Å². The first-order valence-corrected chi connectivity index (χ1v) is 6.48. The quantitative estimate of drug-likeness (QED) is 0.808. The van der Waals surface area contributed by atoms with Crippen LogP contribution in [0.25, 0.3) is 0 Å². The second-order valence-electron chi connectivity index (χ2n) is 4.83. The fraction of sp³-hybridized carbons (Fsp3) is 0.429. The van der Waals surface area contributed by atoms with E-state index in [9.17, 15) is 9.59 Å². The molecule has 110 valence electrons. The van der Waals surface area contributed by atoms with Crippen molar-refractivity contribution in [2.75, 3.05) is 25.9 Å². The largest absolute Gasteiger partial charge is 0.399 e. The third-order valence-electron chi connectivity index (χ3n) is 3.46. The van der Waals surface area contributed by atoms with E-state index in [2.05, 4.69) is 5.32 Å². The van der Waals surface area contributed by atoms with Crippen LogP contribution in [-0.2, 0) is 4.79 Å². The summed E-state index contributed by atoms with van der Waals surface area (Å²) < 4.78 is 0. The van der Waals surface area contributed by atoms with Crippen LogP contribution >= 0.6 is 12.4 Å². The van der Waals surface area contributed by atoms with Crippen molar-refractivity contribution in [1.29, 1.82) is 0 Å². The molecule has 1 saturated heterocycles. The summed E-state index contributed by atoms with van der Waals surface area (Å²) in [5, 5.41) is 2.65. The molecule has 1 aromatic carbocycles. The van der Waals surface area contributed by atoms with Crippen molar-refractivity contribution in [1.82, 2.24) is 10.2 Å². The zero-order valence-corrected chi connectivity index (χ0v) is 12.3. The number of rotatable bonds is 2. The van der Waals surface area contributed by atoms with Crippen molar-refractivity contribution < 1.29 is 9.59 Å². The molecule has 0 saturated carbocycles. The van der Waals surface area contributed by atoms with Gasteiger partial charge in [0.25, 0.3) is 5.91 Å². The Balaban J connectivity index is 0.00000200. The molecule has 1 atom stereocenters. The molecule has 6 heteroatoms. The summed E-state index contributed by atoms with van der Waals surface area (Å²) in [7, 11) is 1.63. The number of piperidine rings is 1. The number of benzene rings is 1. The predicted octanol–water partition coefficient (Wildman–Crippen LogP) is 1.29. The van der Waals surface area contributed by atoms with Crippen LogP contribution in [0.4, 0.5) is 5.69 Å². The number of nitrogen functional groups attached to an aromatic ring is 1. The van der Waals surface area contributed by atoms with Crippen LogP contribution < -0.4 is 11.1 Å². The summed E-state index contributed by atoms with van der Waals surface area (Å²) >= 11 is 0. The highest BCUT2D eigenvalue weighted by Gasteiger charge is 2.28. The van der Waals surface area contributed by atoms with E-state index in [0.29, 0.717) is 24.3 Å². The zero-order valence-electron chi connectivity index (χ0n) is 11.5. The van der Waals surface area contributed by atoms with Crippen molar-refractivity contribution in [3.05, 3.63) is 29.8 Å². The molecule has 1 aliphatic rings. The Hall–Kier alpha value is -1.75. The van der Waals surface area contributed by atoms with E-state index in [1.807, 2.05) is 0 Å². The topological polar surface area (TPSA) is 75.4 Å². The van der Waals surface area contributed by atoms with Gasteiger partial charge in [0.05, 0.1) is 5.92 Å². The van der Waals surface area contributed by atoms with Gasteiger partial charge in [0.2, 0.25) is 5.91 Å². The van der Waals surface area contributed by atoms with Gasteiger partial charge in [0.1, 0.15) is 0 Å². The third kappa shape index (κ3) is 3.63. The summed E-state index contributed by atoms with van der Waals surface area (Å²) in [4.78, 5) is 25.7. The molecule has 20 heavy (non-hydrogen) atoms. The van der Waals surface area contributed by atoms with E-state index < -0.39 is 0 Å². The summed E-state index contributed by atoms with van der Waals surface area (Å²) in [5.41, 5.74) is 6.84. The van der Waals surface area contributed by atoms with Crippen molar-refractivity contribution in [3.63, 3.8) is 0 Å². The summed E-state index contributed by atoms with van der Waals surface area (Å²) in [6.45, 7) is 1.18. The average molecular weight is 298 g/mol. The minimum absolute atomic E-state index is 0. The van der Waals surface area contributed by atoms with Crippen LogP contribution in [0, 0.1) is 5.92 Å². The fourth-order valence-electron chi connectivity index (χ4n) is 2.43. The van der Waals surface area contributed by atoms with Crippen molar-refractivity contribution in [2.24, 2.45) is 5.92 Å². The molecule has 1 aliphatic heterocycles. The lowest BCUT2D eigenvalue weighted by Gasteiger charge is -2.31. The lowest BCUT2D eigenvalue weighted by atomic mass is 9.96. The molecule has 2 amide bonds. The molecule has 2 rings (SSSR count). The zero-order chi connectivity index (χ0) is 13.8. The fourth-order valence-corrected chi connectivity index (χ4v) is 2.43. The number of nitrogens with one attached hydrogen (secondary N) is 1. The molecule has 3 N–H and O–H groups in total. The van der Waals surface area contributed by atoms with Crippen LogP contribution in [0.2, 0.25) is 0 Å². The van der Waals surface area contributed by atoms with E-state index in [4.69, 9.17) is 5.73 Å². The number of amides is 2. The Bertz CT molecular complexity index is 493. The van der Waals surface area contributed by atoms with E-state index in [1.165, 1.54) is 0 Å².